The van der Waals surface area contributed by atoms with E-state index in [9.17, 15) is 9.90 Å². The summed E-state index contributed by atoms with van der Waals surface area (Å²) in [6.45, 7) is 1.66. The molecule has 0 atom stereocenters. The van der Waals surface area contributed by atoms with Crippen molar-refractivity contribution in [2.24, 2.45) is 0 Å². The van der Waals surface area contributed by atoms with Gasteiger partial charge in [0, 0.05) is 23.3 Å². The number of methoxy groups -OCH3 is 1. The van der Waals surface area contributed by atoms with Crippen molar-refractivity contribution in [2.45, 2.75) is 44.2 Å². The molecular weight excluding hydrogens is 393 g/mol. The van der Waals surface area contributed by atoms with Crippen molar-refractivity contribution >= 4 is 23.1 Å². The lowest BCUT2D eigenvalue weighted by Crippen LogP contribution is -2.48. The quantitative estimate of drug-likeness (QED) is 0.726. The molecule has 1 amide bonds. The molecule has 152 valence electrons. The summed E-state index contributed by atoms with van der Waals surface area (Å²) in [5.74, 6) is -1.13. The second kappa shape index (κ2) is 7.47. The Hall–Kier alpha value is -2.37. The first-order chi connectivity index (χ1) is 13.9. The van der Waals surface area contributed by atoms with Crippen molar-refractivity contribution in [2.75, 3.05) is 7.11 Å². The first kappa shape index (κ1) is 19.9. The minimum Gasteiger partial charge on any atom is -0.509 e. The fourth-order valence-electron chi connectivity index (χ4n) is 4.44. The molecule has 0 saturated heterocycles. The molecule has 1 spiro atoms. The van der Waals surface area contributed by atoms with Crippen molar-refractivity contribution in [3.8, 4) is 11.1 Å². The molecule has 1 aliphatic heterocycles. The third kappa shape index (κ3) is 3.22. The number of carbonyl (C=O) groups excluding carboxylic acids is 1. The van der Waals surface area contributed by atoms with Crippen molar-refractivity contribution in [3.05, 3.63) is 64.1 Å². The van der Waals surface area contributed by atoms with E-state index in [-0.39, 0.29) is 23.0 Å². The Bertz CT molecular complexity index is 995. The first-order valence-electron chi connectivity index (χ1n) is 9.71. The lowest BCUT2D eigenvalue weighted by atomic mass is 9.79. The Labute approximate surface area is 174 Å². The molecular formula is C23H23ClFNO3. The predicted octanol–water partition coefficient (Wildman–Crippen LogP) is 5.18. The van der Waals surface area contributed by atoms with E-state index in [1.54, 1.807) is 32.2 Å². The fraction of sp³-hybridized carbons (Fsp3) is 0.348. The van der Waals surface area contributed by atoms with Gasteiger partial charge in [0.15, 0.2) is 0 Å². The van der Waals surface area contributed by atoms with Crippen LogP contribution in [0.1, 0.15) is 36.8 Å². The Kier molecular flexibility index (Phi) is 5.13. The van der Waals surface area contributed by atoms with Gasteiger partial charge in [0.1, 0.15) is 11.6 Å². The van der Waals surface area contributed by atoms with Crippen LogP contribution in [0.2, 0.25) is 5.02 Å². The van der Waals surface area contributed by atoms with E-state index in [0.29, 0.717) is 47.4 Å². The highest BCUT2D eigenvalue weighted by molar-refractivity contribution is 6.33. The second-order valence-electron chi connectivity index (χ2n) is 7.78. The molecule has 1 heterocycles. The van der Waals surface area contributed by atoms with Gasteiger partial charge in [-0.25, -0.2) is 4.39 Å². The Morgan fingerprint density at radius 1 is 1.24 bits per heavy atom. The van der Waals surface area contributed by atoms with E-state index in [4.69, 9.17) is 16.3 Å². The van der Waals surface area contributed by atoms with Gasteiger partial charge in [0.25, 0.3) is 5.91 Å². The number of hydrogen-bond donors (Lipinski definition) is 2. The summed E-state index contributed by atoms with van der Waals surface area (Å²) >= 11 is 6.41. The monoisotopic (exact) mass is 415 g/mol. The van der Waals surface area contributed by atoms with Gasteiger partial charge in [-0.1, -0.05) is 41.9 Å². The van der Waals surface area contributed by atoms with Gasteiger partial charge >= 0.3 is 0 Å². The van der Waals surface area contributed by atoms with E-state index in [0.717, 1.165) is 0 Å². The van der Waals surface area contributed by atoms with Gasteiger partial charge in [-0.3, -0.25) is 4.79 Å². The van der Waals surface area contributed by atoms with Crippen LogP contribution in [0.15, 0.2) is 42.2 Å². The maximum atomic E-state index is 15.7. The third-order valence-corrected chi connectivity index (χ3v) is 6.58. The van der Waals surface area contributed by atoms with Crippen LogP contribution in [0.4, 0.5) is 4.39 Å². The molecule has 2 N–H and O–H groups in total. The summed E-state index contributed by atoms with van der Waals surface area (Å²) < 4.78 is 21.1. The molecule has 2 aliphatic rings. The highest BCUT2D eigenvalue weighted by Gasteiger charge is 2.48. The highest BCUT2D eigenvalue weighted by Crippen LogP contribution is 2.45. The number of aliphatic hydroxyl groups is 1. The smallest absolute Gasteiger partial charge is 0.256 e. The van der Waals surface area contributed by atoms with Crippen LogP contribution < -0.4 is 5.32 Å². The number of aliphatic hydroxyl groups excluding tert-OH is 1. The largest absolute Gasteiger partial charge is 0.509 e. The molecule has 2 aromatic rings. The SMILES string of the molecule is COC1CCC2(CC1)NC(=O)C(c1c(C)c(Cl)cc(-c3ccccc3)c1F)=C2O. The van der Waals surface area contributed by atoms with E-state index in [1.165, 1.54) is 0 Å². The summed E-state index contributed by atoms with van der Waals surface area (Å²) in [5, 5.41) is 14.4. The Morgan fingerprint density at radius 2 is 1.90 bits per heavy atom. The van der Waals surface area contributed by atoms with E-state index in [1.807, 2.05) is 18.2 Å². The normalized spacial score (nSPS) is 24.3. The molecule has 0 radical (unpaired) electrons. The standard InChI is InChI=1S/C23H23ClFNO3/c1-13-17(24)12-16(14-6-4-3-5-7-14)20(25)18(13)19-21(27)23(26-22(19)28)10-8-15(29-2)9-11-23/h3-7,12,15,27H,8-11H2,1-2H3,(H,26,28). The van der Waals surface area contributed by atoms with Gasteiger partial charge in [0.05, 0.1) is 17.2 Å². The van der Waals surface area contributed by atoms with Crippen LogP contribution in [0.3, 0.4) is 0 Å². The Morgan fingerprint density at radius 3 is 2.52 bits per heavy atom. The topological polar surface area (TPSA) is 58.6 Å². The number of rotatable bonds is 3. The third-order valence-electron chi connectivity index (χ3n) is 6.18. The number of nitrogens with one attached hydrogen (secondary N) is 1. The minimum atomic E-state index is -0.866. The molecule has 6 heteroatoms. The molecule has 1 saturated carbocycles. The van der Waals surface area contributed by atoms with Crippen molar-refractivity contribution < 1.29 is 19.0 Å². The molecule has 29 heavy (non-hydrogen) atoms. The molecule has 4 rings (SSSR count). The molecule has 1 fully saturated rings. The number of carbonyl (C=O) groups is 1. The summed E-state index contributed by atoms with van der Waals surface area (Å²) in [4.78, 5) is 12.9. The van der Waals surface area contributed by atoms with Crippen LogP contribution in [0, 0.1) is 12.7 Å². The number of halogens is 2. The molecule has 0 unspecified atom stereocenters. The van der Waals surface area contributed by atoms with E-state index in [2.05, 4.69) is 5.32 Å². The van der Waals surface area contributed by atoms with Crippen molar-refractivity contribution in [1.82, 2.24) is 5.32 Å². The summed E-state index contributed by atoms with van der Waals surface area (Å²) in [6, 6.07) is 10.6. The lowest BCUT2D eigenvalue weighted by molar-refractivity contribution is -0.116. The number of amides is 1. The zero-order valence-electron chi connectivity index (χ0n) is 16.4. The van der Waals surface area contributed by atoms with Gasteiger partial charge in [0.2, 0.25) is 0 Å². The maximum Gasteiger partial charge on any atom is 0.256 e. The predicted molar refractivity (Wildman–Crippen MR) is 111 cm³/mol. The summed E-state index contributed by atoms with van der Waals surface area (Å²) in [5.41, 5.74) is 0.571. The first-order valence-corrected chi connectivity index (χ1v) is 10.1. The van der Waals surface area contributed by atoms with Crippen LogP contribution in [0.5, 0.6) is 0 Å². The van der Waals surface area contributed by atoms with Gasteiger partial charge in [-0.2, -0.15) is 0 Å². The molecule has 0 aromatic heterocycles. The maximum absolute atomic E-state index is 15.7. The minimum absolute atomic E-state index is 0.0180. The lowest BCUT2D eigenvalue weighted by Gasteiger charge is -2.36. The number of ether oxygens (including phenoxy) is 1. The second-order valence-corrected chi connectivity index (χ2v) is 8.19. The average molecular weight is 416 g/mol. The zero-order chi connectivity index (χ0) is 20.8. The number of hydrogen-bond acceptors (Lipinski definition) is 3. The van der Waals surface area contributed by atoms with Crippen molar-refractivity contribution in [1.29, 1.82) is 0 Å². The molecule has 4 nitrogen and oxygen atoms in total. The highest BCUT2D eigenvalue weighted by atomic mass is 35.5. The van der Waals surface area contributed by atoms with E-state index < -0.39 is 17.3 Å². The van der Waals surface area contributed by atoms with E-state index >= 15 is 4.39 Å². The fourth-order valence-corrected chi connectivity index (χ4v) is 4.65. The van der Waals surface area contributed by atoms with Crippen LogP contribution in [0.25, 0.3) is 16.7 Å². The summed E-state index contributed by atoms with van der Waals surface area (Å²) in [6.07, 6.45) is 2.60. The number of benzene rings is 2. The van der Waals surface area contributed by atoms with Crippen LogP contribution in [-0.2, 0) is 9.53 Å². The molecule has 1 aliphatic carbocycles. The van der Waals surface area contributed by atoms with Crippen LogP contribution >= 0.6 is 11.6 Å². The summed E-state index contributed by atoms with van der Waals surface area (Å²) in [7, 11) is 1.66. The average Bonchev–Trinajstić information content (AvgIpc) is 2.96. The molecule has 0 bridgehead atoms. The van der Waals surface area contributed by atoms with Gasteiger partial charge in [-0.15, -0.1) is 0 Å². The van der Waals surface area contributed by atoms with Gasteiger partial charge < -0.3 is 15.2 Å². The van der Waals surface area contributed by atoms with Crippen molar-refractivity contribution in [3.63, 3.8) is 0 Å². The van der Waals surface area contributed by atoms with Crippen LogP contribution in [-0.4, -0.2) is 29.8 Å². The zero-order valence-corrected chi connectivity index (χ0v) is 17.1. The van der Waals surface area contributed by atoms with Gasteiger partial charge in [-0.05, 0) is 49.8 Å². The molecule has 2 aromatic carbocycles. The Balaban J connectivity index is 1.86.